The van der Waals surface area contributed by atoms with Gasteiger partial charge in [-0.15, -0.1) is 0 Å². The smallest absolute Gasteiger partial charge is 0.272 e. The SMILES string of the molecule is CO[C@H]1C[C@@H](CO)N(C(=O)c2cc(-n3cccn3)ccn2)C1. The Morgan fingerprint density at radius 2 is 2.36 bits per heavy atom. The summed E-state index contributed by atoms with van der Waals surface area (Å²) in [6, 6.07) is 5.07. The summed E-state index contributed by atoms with van der Waals surface area (Å²) in [6.07, 6.45) is 5.65. The number of likely N-dealkylation sites (tertiary alicyclic amines) is 1. The second-order valence-corrected chi connectivity index (χ2v) is 5.24. The molecule has 0 spiro atoms. The topological polar surface area (TPSA) is 80.5 Å². The average molecular weight is 302 g/mol. The lowest BCUT2D eigenvalue weighted by atomic mass is 10.2. The molecule has 2 aromatic heterocycles. The largest absolute Gasteiger partial charge is 0.394 e. The minimum Gasteiger partial charge on any atom is -0.394 e. The van der Waals surface area contributed by atoms with Crippen molar-refractivity contribution in [1.82, 2.24) is 19.7 Å². The molecule has 3 heterocycles. The molecule has 2 aromatic rings. The van der Waals surface area contributed by atoms with Crippen LogP contribution in [0.4, 0.5) is 0 Å². The third-order valence-electron chi connectivity index (χ3n) is 3.91. The van der Waals surface area contributed by atoms with Crippen molar-refractivity contribution in [3.05, 3.63) is 42.5 Å². The fourth-order valence-corrected chi connectivity index (χ4v) is 2.71. The van der Waals surface area contributed by atoms with Gasteiger partial charge in [0.25, 0.3) is 5.91 Å². The number of hydrogen-bond acceptors (Lipinski definition) is 5. The molecule has 1 aliphatic rings. The van der Waals surface area contributed by atoms with Crippen LogP contribution < -0.4 is 0 Å². The zero-order valence-electron chi connectivity index (χ0n) is 12.3. The van der Waals surface area contributed by atoms with Gasteiger partial charge in [-0.1, -0.05) is 0 Å². The summed E-state index contributed by atoms with van der Waals surface area (Å²) in [7, 11) is 1.61. The molecule has 0 radical (unpaired) electrons. The molecule has 0 aliphatic carbocycles. The number of nitrogens with zero attached hydrogens (tertiary/aromatic N) is 4. The van der Waals surface area contributed by atoms with E-state index in [4.69, 9.17) is 4.74 Å². The van der Waals surface area contributed by atoms with E-state index in [1.807, 2.05) is 6.07 Å². The minimum atomic E-state index is -0.229. The summed E-state index contributed by atoms with van der Waals surface area (Å²) in [6.45, 7) is 0.388. The summed E-state index contributed by atoms with van der Waals surface area (Å²) in [4.78, 5) is 18.5. The van der Waals surface area contributed by atoms with Crippen molar-refractivity contribution in [3.8, 4) is 5.69 Å². The van der Waals surface area contributed by atoms with Crippen LogP contribution in [-0.2, 0) is 4.74 Å². The molecular weight excluding hydrogens is 284 g/mol. The number of aromatic nitrogens is 3. The van der Waals surface area contributed by atoms with Crippen LogP contribution in [0.15, 0.2) is 36.8 Å². The van der Waals surface area contributed by atoms with E-state index < -0.39 is 0 Å². The Balaban J connectivity index is 1.84. The summed E-state index contributed by atoms with van der Waals surface area (Å²) >= 11 is 0. The molecule has 0 bridgehead atoms. The van der Waals surface area contributed by atoms with Crippen molar-refractivity contribution in [1.29, 1.82) is 0 Å². The number of hydrogen-bond donors (Lipinski definition) is 1. The van der Waals surface area contributed by atoms with Gasteiger partial charge in [0.2, 0.25) is 0 Å². The lowest BCUT2D eigenvalue weighted by Gasteiger charge is -2.22. The van der Waals surface area contributed by atoms with Crippen LogP contribution in [0.1, 0.15) is 16.9 Å². The van der Waals surface area contributed by atoms with E-state index in [-0.39, 0.29) is 24.7 Å². The van der Waals surface area contributed by atoms with E-state index in [0.29, 0.717) is 18.7 Å². The molecule has 7 nitrogen and oxygen atoms in total. The molecule has 1 fully saturated rings. The van der Waals surface area contributed by atoms with Gasteiger partial charge in [0.05, 0.1) is 24.4 Å². The van der Waals surface area contributed by atoms with Crippen molar-refractivity contribution >= 4 is 5.91 Å². The van der Waals surface area contributed by atoms with Crippen molar-refractivity contribution in [3.63, 3.8) is 0 Å². The standard InChI is InChI=1S/C15H18N4O3/c1-22-13-7-12(10-20)18(9-13)15(21)14-8-11(3-5-16-14)19-6-2-4-17-19/h2-6,8,12-13,20H,7,9-10H2,1H3/t12-,13-/m0/s1. The van der Waals surface area contributed by atoms with Crippen LogP contribution in [0, 0.1) is 0 Å². The third kappa shape index (κ3) is 2.72. The minimum absolute atomic E-state index is 0.0459. The number of carbonyl (C=O) groups is 1. The van der Waals surface area contributed by atoms with Gasteiger partial charge in [0.1, 0.15) is 5.69 Å². The number of pyridine rings is 1. The number of aliphatic hydroxyl groups excluding tert-OH is 1. The van der Waals surface area contributed by atoms with Crippen LogP contribution in [0.5, 0.6) is 0 Å². The number of amides is 1. The molecule has 0 unspecified atom stereocenters. The Morgan fingerprint density at radius 3 is 3.05 bits per heavy atom. The highest BCUT2D eigenvalue weighted by Crippen LogP contribution is 2.22. The maximum Gasteiger partial charge on any atom is 0.272 e. The second-order valence-electron chi connectivity index (χ2n) is 5.24. The average Bonchev–Trinajstić information content (AvgIpc) is 3.23. The van der Waals surface area contributed by atoms with Gasteiger partial charge in [0, 0.05) is 32.2 Å². The maximum atomic E-state index is 12.7. The van der Waals surface area contributed by atoms with Gasteiger partial charge >= 0.3 is 0 Å². The molecule has 7 heteroatoms. The molecule has 0 saturated carbocycles. The zero-order chi connectivity index (χ0) is 15.5. The Kier molecular flexibility index (Phi) is 4.17. The first-order valence-electron chi connectivity index (χ1n) is 7.13. The summed E-state index contributed by atoms with van der Waals surface area (Å²) in [5, 5.41) is 13.6. The monoisotopic (exact) mass is 302 g/mol. The van der Waals surface area contributed by atoms with Gasteiger partial charge in [-0.05, 0) is 24.6 Å². The molecule has 2 atom stereocenters. The van der Waals surface area contributed by atoms with Gasteiger partial charge < -0.3 is 14.7 Å². The van der Waals surface area contributed by atoms with E-state index in [1.54, 1.807) is 47.4 Å². The number of carbonyl (C=O) groups excluding carboxylic acids is 1. The number of aliphatic hydroxyl groups is 1. The van der Waals surface area contributed by atoms with Crippen molar-refractivity contribution < 1.29 is 14.6 Å². The molecule has 22 heavy (non-hydrogen) atoms. The zero-order valence-corrected chi connectivity index (χ0v) is 12.3. The molecule has 0 aromatic carbocycles. The molecule has 1 amide bonds. The molecule has 116 valence electrons. The first-order valence-corrected chi connectivity index (χ1v) is 7.13. The lowest BCUT2D eigenvalue weighted by Crippen LogP contribution is -2.38. The Hall–Kier alpha value is -2.25. The van der Waals surface area contributed by atoms with Gasteiger partial charge in [-0.2, -0.15) is 5.10 Å². The van der Waals surface area contributed by atoms with Crippen LogP contribution in [-0.4, -0.2) is 63.1 Å². The molecule has 3 rings (SSSR count). The van der Waals surface area contributed by atoms with Gasteiger partial charge in [-0.3, -0.25) is 9.78 Å². The van der Waals surface area contributed by atoms with Crippen LogP contribution in [0.25, 0.3) is 5.69 Å². The van der Waals surface area contributed by atoms with E-state index in [9.17, 15) is 9.90 Å². The first kappa shape index (κ1) is 14.7. The van der Waals surface area contributed by atoms with Crippen LogP contribution in [0.2, 0.25) is 0 Å². The predicted octanol–water partition coefficient (Wildman–Crippen LogP) is 0.489. The Morgan fingerprint density at radius 1 is 1.50 bits per heavy atom. The molecule has 1 saturated heterocycles. The number of ether oxygens (including phenoxy) is 1. The van der Waals surface area contributed by atoms with Crippen molar-refractivity contribution in [2.75, 3.05) is 20.3 Å². The van der Waals surface area contributed by atoms with Crippen LogP contribution >= 0.6 is 0 Å². The summed E-state index contributed by atoms with van der Waals surface area (Å²) < 4.78 is 6.97. The van der Waals surface area contributed by atoms with Crippen molar-refractivity contribution in [2.45, 2.75) is 18.6 Å². The lowest BCUT2D eigenvalue weighted by molar-refractivity contribution is 0.0642. The van der Waals surface area contributed by atoms with Gasteiger partial charge in [-0.25, -0.2) is 4.68 Å². The maximum absolute atomic E-state index is 12.7. The highest BCUT2D eigenvalue weighted by Gasteiger charge is 2.35. The first-order chi connectivity index (χ1) is 10.7. The molecular formula is C15H18N4O3. The van der Waals surface area contributed by atoms with Gasteiger partial charge in [0.15, 0.2) is 0 Å². The van der Waals surface area contributed by atoms with E-state index in [0.717, 1.165) is 5.69 Å². The number of rotatable bonds is 4. The summed E-state index contributed by atoms with van der Waals surface area (Å²) in [5.41, 5.74) is 1.11. The molecule has 1 N–H and O–H groups in total. The van der Waals surface area contributed by atoms with E-state index >= 15 is 0 Å². The normalized spacial score (nSPS) is 21.3. The Bertz CT molecular complexity index is 644. The second kappa shape index (κ2) is 6.25. The third-order valence-corrected chi connectivity index (χ3v) is 3.91. The van der Waals surface area contributed by atoms with E-state index in [2.05, 4.69) is 10.1 Å². The fraction of sp³-hybridized carbons (Fsp3) is 0.400. The Labute approximate surface area is 128 Å². The van der Waals surface area contributed by atoms with Crippen molar-refractivity contribution in [2.24, 2.45) is 0 Å². The highest BCUT2D eigenvalue weighted by molar-refractivity contribution is 5.93. The summed E-state index contributed by atoms with van der Waals surface area (Å²) in [5.74, 6) is -0.201. The quantitative estimate of drug-likeness (QED) is 0.889. The number of methoxy groups -OCH3 is 1. The van der Waals surface area contributed by atoms with Crippen LogP contribution in [0.3, 0.4) is 0 Å². The molecule has 1 aliphatic heterocycles. The van der Waals surface area contributed by atoms with E-state index in [1.165, 1.54) is 0 Å². The fourth-order valence-electron chi connectivity index (χ4n) is 2.71. The predicted molar refractivity (Wildman–Crippen MR) is 78.7 cm³/mol. The highest BCUT2D eigenvalue weighted by atomic mass is 16.5.